The van der Waals surface area contributed by atoms with Crippen LogP contribution in [-0.2, 0) is 6.42 Å². The number of H-pyrrole nitrogens is 2. The van der Waals surface area contributed by atoms with Crippen LogP contribution >= 0.6 is 0 Å². The number of nitrogens with one attached hydrogen (secondary N) is 2. The van der Waals surface area contributed by atoms with E-state index in [1.54, 1.807) is 12.4 Å². The van der Waals surface area contributed by atoms with Crippen LogP contribution in [0.2, 0.25) is 0 Å². The van der Waals surface area contributed by atoms with E-state index in [2.05, 4.69) is 20.2 Å². The van der Waals surface area contributed by atoms with Crippen molar-refractivity contribution in [3.05, 3.63) is 84.3 Å². The highest BCUT2D eigenvalue weighted by atomic mass is 16.1. The molecule has 0 aliphatic carbocycles. The van der Waals surface area contributed by atoms with E-state index in [1.807, 2.05) is 60.7 Å². The first-order valence-corrected chi connectivity index (χ1v) is 8.76. The first-order chi connectivity index (χ1) is 13.3. The molecule has 5 nitrogen and oxygen atoms in total. The van der Waals surface area contributed by atoms with Crippen LogP contribution in [0.15, 0.2) is 73.1 Å². The van der Waals surface area contributed by atoms with Crippen LogP contribution in [0, 0.1) is 0 Å². The van der Waals surface area contributed by atoms with Crippen molar-refractivity contribution in [2.45, 2.75) is 6.42 Å². The monoisotopic (exact) mass is 352 g/mol. The minimum Gasteiger partial charge on any atom is -0.352 e. The van der Waals surface area contributed by atoms with Crippen molar-refractivity contribution in [2.24, 2.45) is 0 Å². The smallest absolute Gasteiger partial charge is 0.183 e. The SMILES string of the molecule is O=C(Cc1ccccc1)c1cc2cc3[nH]nc(-c4ccncc4)c3cc2[nH]1. The molecular weight excluding hydrogens is 336 g/mol. The Bertz CT molecular complexity index is 1250. The number of benzene rings is 2. The molecule has 2 aromatic carbocycles. The maximum atomic E-state index is 12.6. The molecule has 3 aromatic heterocycles. The summed E-state index contributed by atoms with van der Waals surface area (Å²) >= 11 is 0. The van der Waals surface area contributed by atoms with Crippen LogP contribution in [0.5, 0.6) is 0 Å². The summed E-state index contributed by atoms with van der Waals surface area (Å²) in [6, 6.07) is 19.6. The van der Waals surface area contributed by atoms with Gasteiger partial charge in [0.25, 0.3) is 0 Å². The molecule has 0 saturated heterocycles. The van der Waals surface area contributed by atoms with Gasteiger partial charge < -0.3 is 4.98 Å². The lowest BCUT2D eigenvalue weighted by atomic mass is 10.1. The van der Waals surface area contributed by atoms with Crippen LogP contribution in [0.4, 0.5) is 0 Å². The standard InChI is InChI=1S/C22H16N4O/c27-21(10-14-4-2-1-3-5-14)20-12-16-11-19-17(13-18(16)24-20)22(26-25-19)15-6-8-23-9-7-15/h1-9,11-13,24H,10H2,(H,25,26). The van der Waals surface area contributed by atoms with Gasteiger partial charge in [-0.15, -0.1) is 0 Å². The third-order valence-electron chi connectivity index (χ3n) is 4.76. The van der Waals surface area contributed by atoms with Gasteiger partial charge in [-0.2, -0.15) is 5.10 Å². The number of rotatable bonds is 4. The average Bonchev–Trinajstić information content (AvgIpc) is 3.31. The molecule has 0 fully saturated rings. The molecule has 2 N–H and O–H groups in total. The first kappa shape index (κ1) is 15.5. The molecule has 0 atom stereocenters. The molecule has 0 radical (unpaired) electrons. The predicted molar refractivity (Wildman–Crippen MR) is 106 cm³/mol. The summed E-state index contributed by atoms with van der Waals surface area (Å²) < 4.78 is 0. The van der Waals surface area contributed by atoms with Gasteiger partial charge in [0.1, 0.15) is 5.69 Å². The van der Waals surface area contributed by atoms with Crippen LogP contribution in [0.3, 0.4) is 0 Å². The highest BCUT2D eigenvalue weighted by molar-refractivity contribution is 6.05. The van der Waals surface area contributed by atoms with Gasteiger partial charge in [-0.3, -0.25) is 14.9 Å². The maximum absolute atomic E-state index is 12.6. The molecule has 0 saturated carbocycles. The topological polar surface area (TPSA) is 74.4 Å². The minimum atomic E-state index is 0.0774. The van der Waals surface area contributed by atoms with E-state index in [-0.39, 0.29) is 5.78 Å². The summed E-state index contributed by atoms with van der Waals surface area (Å²) in [5, 5.41) is 9.54. The molecule has 0 aliphatic rings. The molecule has 130 valence electrons. The molecule has 27 heavy (non-hydrogen) atoms. The van der Waals surface area contributed by atoms with Gasteiger partial charge in [0, 0.05) is 40.7 Å². The summed E-state index contributed by atoms with van der Waals surface area (Å²) in [5.74, 6) is 0.0774. The highest BCUT2D eigenvalue weighted by Crippen LogP contribution is 2.30. The molecular formula is C22H16N4O. The number of carbonyl (C=O) groups excluding carboxylic acids is 1. The molecule has 5 aromatic rings. The third kappa shape index (κ3) is 2.79. The Morgan fingerprint density at radius 3 is 2.56 bits per heavy atom. The van der Waals surface area contributed by atoms with Crippen molar-refractivity contribution in [1.29, 1.82) is 0 Å². The van der Waals surface area contributed by atoms with Crippen LogP contribution in [-0.4, -0.2) is 25.9 Å². The van der Waals surface area contributed by atoms with Crippen molar-refractivity contribution in [2.75, 3.05) is 0 Å². The zero-order valence-corrected chi connectivity index (χ0v) is 14.4. The van der Waals surface area contributed by atoms with E-state index in [9.17, 15) is 4.79 Å². The summed E-state index contributed by atoms with van der Waals surface area (Å²) in [5.41, 5.74) is 5.38. The molecule has 0 bridgehead atoms. The van der Waals surface area contributed by atoms with E-state index in [4.69, 9.17) is 0 Å². The van der Waals surface area contributed by atoms with Crippen LogP contribution in [0.25, 0.3) is 33.1 Å². The number of ketones is 1. The van der Waals surface area contributed by atoms with Crippen LogP contribution < -0.4 is 0 Å². The fraction of sp³-hybridized carbons (Fsp3) is 0.0455. The number of hydrogen-bond donors (Lipinski definition) is 2. The number of pyridine rings is 1. The molecule has 0 unspecified atom stereocenters. The van der Waals surface area contributed by atoms with Gasteiger partial charge >= 0.3 is 0 Å². The zero-order chi connectivity index (χ0) is 18.2. The zero-order valence-electron chi connectivity index (χ0n) is 14.4. The van der Waals surface area contributed by atoms with Crippen molar-refractivity contribution >= 4 is 27.6 Å². The van der Waals surface area contributed by atoms with Gasteiger partial charge in [0.2, 0.25) is 0 Å². The summed E-state index contributed by atoms with van der Waals surface area (Å²) in [7, 11) is 0. The fourth-order valence-electron chi connectivity index (χ4n) is 3.40. The van der Waals surface area contributed by atoms with E-state index in [0.29, 0.717) is 12.1 Å². The second-order valence-electron chi connectivity index (χ2n) is 6.56. The van der Waals surface area contributed by atoms with Crippen molar-refractivity contribution < 1.29 is 4.79 Å². The Morgan fingerprint density at radius 2 is 1.74 bits per heavy atom. The Labute approximate surface area is 155 Å². The van der Waals surface area contributed by atoms with Gasteiger partial charge in [-0.1, -0.05) is 30.3 Å². The molecule has 5 heteroatoms. The lowest BCUT2D eigenvalue weighted by Gasteiger charge is -1.98. The quantitative estimate of drug-likeness (QED) is 0.467. The van der Waals surface area contributed by atoms with E-state index < -0.39 is 0 Å². The predicted octanol–water partition coefficient (Wildman–Crippen LogP) is 4.53. The van der Waals surface area contributed by atoms with E-state index >= 15 is 0 Å². The molecule has 0 spiro atoms. The number of nitrogens with zero attached hydrogens (tertiary/aromatic N) is 2. The van der Waals surface area contributed by atoms with Gasteiger partial charge in [-0.05, 0) is 35.9 Å². The number of Topliss-reactive ketones (excluding diaryl/α,β-unsaturated/α-hetero) is 1. The second kappa shape index (κ2) is 6.21. The van der Waals surface area contributed by atoms with Crippen molar-refractivity contribution in [1.82, 2.24) is 20.2 Å². The van der Waals surface area contributed by atoms with Gasteiger partial charge in [0.15, 0.2) is 5.78 Å². The Balaban J connectivity index is 1.55. The summed E-state index contributed by atoms with van der Waals surface area (Å²) in [6.07, 6.45) is 3.89. The first-order valence-electron chi connectivity index (χ1n) is 8.76. The minimum absolute atomic E-state index is 0.0774. The molecule has 0 amide bonds. The number of aromatic nitrogens is 4. The lowest BCUT2D eigenvalue weighted by molar-refractivity contribution is 0.0989. The van der Waals surface area contributed by atoms with E-state index in [1.165, 1.54) is 0 Å². The average molecular weight is 352 g/mol. The normalized spacial score (nSPS) is 11.3. The van der Waals surface area contributed by atoms with Crippen LogP contribution in [0.1, 0.15) is 16.1 Å². The third-order valence-corrected chi connectivity index (χ3v) is 4.76. The van der Waals surface area contributed by atoms with Gasteiger partial charge in [-0.25, -0.2) is 0 Å². The lowest BCUT2D eigenvalue weighted by Crippen LogP contribution is -2.03. The Kier molecular flexibility index (Phi) is 3.57. The molecule has 5 rings (SSSR count). The molecule has 3 heterocycles. The van der Waals surface area contributed by atoms with Crippen molar-refractivity contribution in [3.63, 3.8) is 0 Å². The Morgan fingerprint density at radius 1 is 0.926 bits per heavy atom. The number of fused-ring (bicyclic) bond motifs is 2. The highest BCUT2D eigenvalue weighted by Gasteiger charge is 2.14. The maximum Gasteiger partial charge on any atom is 0.183 e. The second-order valence-corrected chi connectivity index (χ2v) is 6.56. The summed E-state index contributed by atoms with van der Waals surface area (Å²) in [4.78, 5) is 20.0. The summed E-state index contributed by atoms with van der Waals surface area (Å²) in [6.45, 7) is 0. The molecule has 0 aliphatic heterocycles. The number of hydrogen-bond acceptors (Lipinski definition) is 3. The van der Waals surface area contributed by atoms with E-state index in [0.717, 1.165) is 38.6 Å². The number of carbonyl (C=O) groups is 1. The largest absolute Gasteiger partial charge is 0.352 e. The Hall–Kier alpha value is -3.73. The van der Waals surface area contributed by atoms with Crippen molar-refractivity contribution in [3.8, 4) is 11.3 Å². The van der Waals surface area contributed by atoms with Gasteiger partial charge in [0.05, 0.1) is 11.2 Å². The fourth-order valence-corrected chi connectivity index (χ4v) is 3.40. The number of aromatic amines is 2.